The number of pyridine rings is 1. The van der Waals surface area contributed by atoms with Crippen LogP contribution in [0, 0.1) is 6.92 Å². The summed E-state index contributed by atoms with van der Waals surface area (Å²) in [6.45, 7) is 6.73. The molecule has 2 fully saturated rings. The van der Waals surface area contributed by atoms with E-state index in [1.807, 2.05) is 6.07 Å². The van der Waals surface area contributed by atoms with E-state index in [2.05, 4.69) is 44.1 Å². The van der Waals surface area contributed by atoms with E-state index in [0.717, 1.165) is 49.7 Å². The van der Waals surface area contributed by atoms with Crippen molar-refractivity contribution in [2.24, 2.45) is 0 Å². The lowest BCUT2D eigenvalue weighted by Gasteiger charge is -2.34. The minimum absolute atomic E-state index is 0.135. The quantitative estimate of drug-likeness (QED) is 0.801. The molecule has 98 valence electrons. The van der Waals surface area contributed by atoms with Gasteiger partial charge in [0.15, 0.2) is 0 Å². The third-order valence-electron chi connectivity index (χ3n) is 3.73. The molecule has 3 rings (SSSR count). The topological polar surface area (TPSA) is 37.4 Å². The zero-order valence-electron chi connectivity index (χ0n) is 10.6. The van der Waals surface area contributed by atoms with Crippen molar-refractivity contribution in [1.82, 2.24) is 10.3 Å². The Hall–Kier alpha value is -0.650. The van der Waals surface area contributed by atoms with Crippen LogP contribution in [-0.4, -0.2) is 43.4 Å². The van der Waals surface area contributed by atoms with Crippen molar-refractivity contribution in [2.45, 2.75) is 18.9 Å². The molecule has 0 bridgehead atoms. The summed E-state index contributed by atoms with van der Waals surface area (Å²) in [5, 5.41) is 3.62. The van der Waals surface area contributed by atoms with E-state index in [-0.39, 0.29) is 5.54 Å². The summed E-state index contributed by atoms with van der Waals surface area (Å²) in [6.07, 6.45) is 1.13. The van der Waals surface area contributed by atoms with E-state index in [1.54, 1.807) is 0 Å². The summed E-state index contributed by atoms with van der Waals surface area (Å²) >= 11 is 3.47. The summed E-state index contributed by atoms with van der Waals surface area (Å²) in [6, 6.07) is 4.19. The average Bonchev–Trinajstić information content (AvgIpc) is 2.73. The zero-order valence-corrected chi connectivity index (χ0v) is 12.2. The lowest BCUT2D eigenvalue weighted by molar-refractivity contribution is 0.0368. The molecule has 0 aliphatic carbocycles. The van der Waals surface area contributed by atoms with Gasteiger partial charge in [0.1, 0.15) is 10.4 Å². The summed E-state index contributed by atoms with van der Waals surface area (Å²) < 4.78 is 6.53. The van der Waals surface area contributed by atoms with E-state index >= 15 is 0 Å². The number of ether oxygens (including phenoxy) is 1. The molecule has 4 nitrogen and oxygen atoms in total. The predicted molar refractivity (Wildman–Crippen MR) is 75.1 cm³/mol. The van der Waals surface area contributed by atoms with Gasteiger partial charge < -0.3 is 15.0 Å². The number of nitrogens with zero attached hydrogens (tertiary/aromatic N) is 2. The number of hydrogen-bond acceptors (Lipinski definition) is 4. The van der Waals surface area contributed by atoms with Gasteiger partial charge in [0.2, 0.25) is 0 Å². The molecule has 1 aromatic rings. The Morgan fingerprint density at radius 3 is 3.11 bits per heavy atom. The SMILES string of the molecule is Cc1cc(Br)nc(N2CCC3(COCCN3)C2)c1. The number of halogens is 1. The van der Waals surface area contributed by atoms with E-state index in [4.69, 9.17) is 4.74 Å². The molecule has 1 atom stereocenters. The normalized spacial score (nSPS) is 28.0. The molecule has 2 aliphatic rings. The van der Waals surface area contributed by atoms with Crippen molar-refractivity contribution < 1.29 is 4.74 Å². The highest BCUT2D eigenvalue weighted by Gasteiger charge is 2.40. The highest BCUT2D eigenvalue weighted by atomic mass is 79.9. The molecule has 2 saturated heterocycles. The molecule has 1 N–H and O–H groups in total. The fourth-order valence-corrected chi connectivity index (χ4v) is 3.35. The smallest absolute Gasteiger partial charge is 0.130 e. The van der Waals surface area contributed by atoms with E-state index < -0.39 is 0 Å². The second-order valence-corrected chi connectivity index (χ2v) is 6.07. The number of nitrogens with one attached hydrogen (secondary N) is 1. The highest BCUT2D eigenvalue weighted by molar-refractivity contribution is 9.10. The number of hydrogen-bond donors (Lipinski definition) is 1. The van der Waals surface area contributed by atoms with Crippen LogP contribution in [0.3, 0.4) is 0 Å². The van der Waals surface area contributed by atoms with Gasteiger partial charge in [-0.2, -0.15) is 0 Å². The van der Waals surface area contributed by atoms with Gasteiger partial charge >= 0.3 is 0 Å². The third kappa shape index (κ3) is 2.39. The van der Waals surface area contributed by atoms with E-state index in [9.17, 15) is 0 Å². The standard InChI is InChI=1S/C13H18BrN3O/c1-10-6-11(14)16-12(7-10)17-4-2-13(8-17)9-18-5-3-15-13/h6-7,15H,2-5,8-9H2,1H3. The maximum atomic E-state index is 5.62. The summed E-state index contributed by atoms with van der Waals surface area (Å²) in [5.41, 5.74) is 1.37. The van der Waals surface area contributed by atoms with E-state index in [1.165, 1.54) is 5.56 Å². The Morgan fingerprint density at radius 2 is 2.39 bits per heavy atom. The van der Waals surface area contributed by atoms with Gasteiger partial charge in [-0.1, -0.05) is 0 Å². The van der Waals surface area contributed by atoms with Crippen LogP contribution in [0.4, 0.5) is 5.82 Å². The molecule has 5 heteroatoms. The van der Waals surface area contributed by atoms with Crippen molar-refractivity contribution in [3.05, 3.63) is 22.3 Å². The third-order valence-corrected chi connectivity index (χ3v) is 4.13. The van der Waals surface area contributed by atoms with Gasteiger partial charge in [-0.05, 0) is 47.0 Å². The monoisotopic (exact) mass is 311 g/mol. The minimum atomic E-state index is 0.135. The Kier molecular flexibility index (Phi) is 3.30. The van der Waals surface area contributed by atoms with Gasteiger partial charge in [0.25, 0.3) is 0 Å². The molecule has 0 aromatic carbocycles. The molecule has 0 radical (unpaired) electrons. The number of rotatable bonds is 1. The molecule has 18 heavy (non-hydrogen) atoms. The van der Waals surface area contributed by atoms with Gasteiger partial charge in [0.05, 0.1) is 18.8 Å². The molecular formula is C13H18BrN3O. The van der Waals surface area contributed by atoms with Crippen molar-refractivity contribution in [1.29, 1.82) is 0 Å². The number of aryl methyl sites for hydroxylation is 1. The van der Waals surface area contributed by atoms with Gasteiger partial charge in [-0.15, -0.1) is 0 Å². The van der Waals surface area contributed by atoms with Crippen LogP contribution in [0.1, 0.15) is 12.0 Å². The fourth-order valence-electron chi connectivity index (χ4n) is 2.81. The van der Waals surface area contributed by atoms with Crippen molar-refractivity contribution in [3.63, 3.8) is 0 Å². The van der Waals surface area contributed by atoms with E-state index in [0.29, 0.717) is 0 Å². The highest BCUT2D eigenvalue weighted by Crippen LogP contribution is 2.28. The Labute approximate surface area is 116 Å². The first-order valence-corrected chi connectivity index (χ1v) is 7.18. The Morgan fingerprint density at radius 1 is 1.50 bits per heavy atom. The maximum Gasteiger partial charge on any atom is 0.130 e. The minimum Gasteiger partial charge on any atom is -0.378 e. The Balaban J connectivity index is 1.78. The molecule has 0 amide bonds. The number of morpholine rings is 1. The van der Waals surface area contributed by atoms with Crippen LogP contribution in [0.2, 0.25) is 0 Å². The van der Waals surface area contributed by atoms with Crippen LogP contribution >= 0.6 is 15.9 Å². The molecule has 1 spiro atoms. The number of aromatic nitrogens is 1. The van der Waals surface area contributed by atoms with Gasteiger partial charge in [-0.25, -0.2) is 4.98 Å². The first-order valence-electron chi connectivity index (χ1n) is 6.39. The molecule has 2 aliphatic heterocycles. The molecular weight excluding hydrogens is 294 g/mol. The first-order chi connectivity index (χ1) is 8.67. The maximum absolute atomic E-state index is 5.62. The van der Waals surface area contributed by atoms with Crippen LogP contribution in [0.5, 0.6) is 0 Å². The van der Waals surface area contributed by atoms with Gasteiger partial charge in [0, 0.05) is 19.6 Å². The van der Waals surface area contributed by atoms with Gasteiger partial charge in [-0.3, -0.25) is 0 Å². The lowest BCUT2D eigenvalue weighted by atomic mass is 9.99. The van der Waals surface area contributed by atoms with Crippen molar-refractivity contribution in [2.75, 3.05) is 37.7 Å². The fraction of sp³-hybridized carbons (Fsp3) is 0.615. The summed E-state index contributed by atoms with van der Waals surface area (Å²) in [4.78, 5) is 6.91. The molecule has 0 saturated carbocycles. The number of anilines is 1. The average molecular weight is 312 g/mol. The first kappa shape index (κ1) is 12.4. The Bertz CT molecular complexity index is 426. The second-order valence-electron chi connectivity index (χ2n) is 5.26. The summed E-state index contributed by atoms with van der Waals surface area (Å²) in [5.74, 6) is 1.06. The van der Waals surface area contributed by atoms with Crippen molar-refractivity contribution >= 4 is 21.7 Å². The zero-order chi connectivity index (χ0) is 12.6. The van der Waals surface area contributed by atoms with Crippen LogP contribution < -0.4 is 10.2 Å². The summed E-state index contributed by atoms with van der Waals surface area (Å²) in [7, 11) is 0. The van der Waals surface area contributed by atoms with Crippen LogP contribution in [0.15, 0.2) is 16.7 Å². The molecule has 1 unspecified atom stereocenters. The predicted octanol–water partition coefficient (Wildman–Crippen LogP) is 1.72. The largest absolute Gasteiger partial charge is 0.378 e. The van der Waals surface area contributed by atoms with Crippen LogP contribution in [0.25, 0.3) is 0 Å². The lowest BCUT2D eigenvalue weighted by Crippen LogP contribution is -2.55. The van der Waals surface area contributed by atoms with Crippen molar-refractivity contribution in [3.8, 4) is 0 Å². The van der Waals surface area contributed by atoms with Crippen LogP contribution in [-0.2, 0) is 4.74 Å². The molecule has 3 heterocycles. The second kappa shape index (κ2) is 4.79. The molecule has 1 aromatic heterocycles.